The van der Waals surface area contributed by atoms with Gasteiger partial charge in [-0.15, -0.1) is 0 Å². The zero-order valence-electron chi connectivity index (χ0n) is 21.9. The predicted octanol–water partition coefficient (Wildman–Crippen LogP) is 5.55. The van der Waals surface area contributed by atoms with E-state index in [2.05, 4.69) is 84.0 Å². The second-order valence-corrected chi connectivity index (χ2v) is 11.3. The molecule has 0 radical (unpaired) electrons. The Morgan fingerprint density at radius 3 is 2.16 bits per heavy atom. The number of rotatable bonds is 5. The number of aromatic nitrogens is 3. The third-order valence-corrected chi connectivity index (χ3v) is 8.65. The molecular weight excluding hydrogens is 528 g/mol. The van der Waals surface area contributed by atoms with Gasteiger partial charge in [-0.2, -0.15) is 0 Å². The number of benzene rings is 1. The molecule has 0 N–H and O–H groups in total. The molecule has 2 fully saturated rings. The van der Waals surface area contributed by atoms with Gasteiger partial charge in [0.15, 0.2) is 0 Å². The van der Waals surface area contributed by atoms with Crippen LogP contribution in [0.15, 0.2) is 59.6 Å². The van der Waals surface area contributed by atoms with Gasteiger partial charge in [-0.1, -0.05) is 18.2 Å². The molecule has 4 heterocycles. The standard InChI is InChI=1S/C29H35BrN6O/c1-21-27(22(2)33-20-32-21)28(37)34-17-13-29(3,14-18-34)35-15-11-24(12-16-35)36(23-7-5-4-6-8-23)25-9-10-26(30)31-19-25/h4-10,19-20,24H,11-18H2,1-3H3. The molecule has 0 spiro atoms. The molecular formula is C29H35BrN6O. The van der Waals surface area contributed by atoms with E-state index >= 15 is 0 Å². The van der Waals surface area contributed by atoms with Gasteiger partial charge in [-0.3, -0.25) is 9.69 Å². The number of amides is 1. The molecule has 0 unspecified atom stereocenters. The van der Waals surface area contributed by atoms with Crippen LogP contribution in [0.4, 0.5) is 11.4 Å². The van der Waals surface area contributed by atoms with Crippen molar-refractivity contribution in [1.29, 1.82) is 0 Å². The smallest absolute Gasteiger partial charge is 0.257 e. The molecule has 0 aliphatic carbocycles. The van der Waals surface area contributed by atoms with E-state index in [0.29, 0.717) is 11.6 Å². The zero-order valence-corrected chi connectivity index (χ0v) is 23.5. The average molecular weight is 564 g/mol. The minimum Gasteiger partial charge on any atom is -0.338 e. The summed E-state index contributed by atoms with van der Waals surface area (Å²) in [6, 6.07) is 15.2. The van der Waals surface area contributed by atoms with Gasteiger partial charge >= 0.3 is 0 Å². The first-order valence-electron chi connectivity index (χ1n) is 13.1. The minimum atomic E-state index is 0.0676. The van der Waals surface area contributed by atoms with Crippen molar-refractivity contribution >= 4 is 33.2 Å². The zero-order chi connectivity index (χ0) is 26.0. The normalized spacial score (nSPS) is 18.5. The predicted molar refractivity (Wildman–Crippen MR) is 150 cm³/mol. The average Bonchev–Trinajstić information content (AvgIpc) is 2.91. The largest absolute Gasteiger partial charge is 0.338 e. The molecule has 5 rings (SSSR count). The van der Waals surface area contributed by atoms with Crippen molar-refractivity contribution in [2.24, 2.45) is 0 Å². The number of piperidine rings is 2. The van der Waals surface area contributed by atoms with Crippen LogP contribution in [0.5, 0.6) is 0 Å². The van der Waals surface area contributed by atoms with Crippen LogP contribution in [0, 0.1) is 13.8 Å². The summed E-state index contributed by atoms with van der Waals surface area (Å²) in [5.41, 5.74) is 4.62. The minimum absolute atomic E-state index is 0.0676. The SMILES string of the molecule is Cc1ncnc(C)c1C(=O)N1CCC(C)(N2CCC(N(c3ccccc3)c3ccc(Br)nc3)CC2)CC1. The molecule has 194 valence electrons. The van der Waals surface area contributed by atoms with E-state index in [-0.39, 0.29) is 11.4 Å². The van der Waals surface area contributed by atoms with Crippen LogP contribution in [0.3, 0.4) is 0 Å². The van der Waals surface area contributed by atoms with Crippen LogP contribution < -0.4 is 4.90 Å². The molecule has 1 aromatic carbocycles. The van der Waals surface area contributed by atoms with Gasteiger partial charge < -0.3 is 9.80 Å². The van der Waals surface area contributed by atoms with Crippen molar-refractivity contribution in [3.63, 3.8) is 0 Å². The highest BCUT2D eigenvalue weighted by molar-refractivity contribution is 9.10. The summed E-state index contributed by atoms with van der Waals surface area (Å²) in [6.07, 6.45) is 7.62. The number of carbonyl (C=O) groups is 1. The summed E-state index contributed by atoms with van der Waals surface area (Å²) in [4.78, 5) is 33.4. The first-order valence-corrected chi connectivity index (χ1v) is 13.9. The summed E-state index contributed by atoms with van der Waals surface area (Å²) in [5.74, 6) is 0.0676. The monoisotopic (exact) mass is 562 g/mol. The van der Waals surface area contributed by atoms with Crippen molar-refractivity contribution in [1.82, 2.24) is 24.8 Å². The van der Waals surface area contributed by atoms with Crippen molar-refractivity contribution in [3.8, 4) is 0 Å². The lowest BCUT2D eigenvalue weighted by Crippen LogP contribution is -2.58. The highest BCUT2D eigenvalue weighted by Gasteiger charge is 2.40. The van der Waals surface area contributed by atoms with Crippen LogP contribution in [-0.2, 0) is 0 Å². The number of pyridine rings is 1. The Morgan fingerprint density at radius 1 is 0.919 bits per heavy atom. The van der Waals surface area contributed by atoms with Crippen LogP contribution in [-0.4, -0.2) is 68.4 Å². The van der Waals surface area contributed by atoms with Crippen molar-refractivity contribution in [2.45, 2.75) is 58.0 Å². The first-order chi connectivity index (χ1) is 17.9. The Morgan fingerprint density at radius 2 is 1.57 bits per heavy atom. The van der Waals surface area contributed by atoms with Gasteiger partial charge in [0.25, 0.3) is 5.91 Å². The molecule has 2 aliphatic heterocycles. The van der Waals surface area contributed by atoms with Gasteiger partial charge in [-0.25, -0.2) is 15.0 Å². The van der Waals surface area contributed by atoms with Crippen LogP contribution >= 0.6 is 15.9 Å². The fourth-order valence-electron chi connectivity index (χ4n) is 5.90. The number of aryl methyl sites for hydroxylation is 2. The molecule has 0 saturated carbocycles. The Hall–Kier alpha value is -2.84. The second kappa shape index (κ2) is 10.9. The second-order valence-electron chi connectivity index (χ2n) is 10.5. The fourth-order valence-corrected chi connectivity index (χ4v) is 6.14. The van der Waals surface area contributed by atoms with Gasteiger partial charge in [-0.05, 0) is 86.6 Å². The van der Waals surface area contributed by atoms with Gasteiger partial charge in [0.1, 0.15) is 10.9 Å². The van der Waals surface area contributed by atoms with Crippen LogP contribution in [0.25, 0.3) is 0 Å². The number of anilines is 2. The van der Waals surface area contributed by atoms with Crippen LogP contribution in [0.1, 0.15) is 54.4 Å². The van der Waals surface area contributed by atoms with Gasteiger partial charge in [0.2, 0.25) is 0 Å². The Kier molecular flexibility index (Phi) is 7.58. The number of para-hydroxylation sites is 1. The third kappa shape index (κ3) is 5.41. The molecule has 8 heteroatoms. The summed E-state index contributed by atoms with van der Waals surface area (Å²) >= 11 is 3.47. The molecule has 3 aromatic rings. The Bertz CT molecular complexity index is 1200. The first kappa shape index (κ1) is 25.8. The summed E-state index contributed by atoms with van der Waals surface area (Å²) < 4.78 is 0.849. The van der Waals surface area contributed by atoms with Crippen molar-refractivity contribution in [2.75, 3.05) is 31.1 Å². The van der Waals surface area contributed by atoms with E-state index in [0.717, 1.165) is 73.5 Å². The number of hydrogen-bond donors (Lipinski definition) is 0. The third-order valence-electron chi connectivity index (χ3n) is 8.19. The topological polar surface area (TPSA) is 65.5 Å². The van der Waals surface area contributed by atoms with Crippen LogP contribution in [0.2, 0.25) is 0 Å². The lowest BCUT2D eigenvalue weighted by atomic mass is 9.85. The molecule has 2 aliphatic rings. The molecule has 2 aromatic heterocycles. The fraction of sp³-hybridized carbons (Fsp3) is 0.448. The summed E-state index contributed by atoms with van der Waals surface area (Å²) in [5, 5.41) is 0. The maximum absolute atomic E-state index is 13.3. The van der Waals surface area contributed by atoms with Gasteiger partial charge in [0, 0.05) is 43.4 Å². The van der Waals surface area contributed by atoms with Crippen molar-refractivity contribution < 1.29 is 4.79 Å². The number of hydrogen-bond acceptors (Lipinski definition) is 6. The number of carbonyl (C=O) groups excluding carboxylic acids is 1. The van der Waals surface area contributed by atoms with Crippen molar-refractivity contribution in [3.05, 3.63) is 76.5 Å². The lowest BCUT2D eigenvalue weighted by Gasteiger charge is -2.50. The molecule has 2 saturated heterocycles. The molecule has 7 nitrogen and oxygen atoms in total. The highest BCUT2D eigenvalue weighted by Crippen LogP contribution is 2.36. The molecule has 0 bridgehead atoms. The van der Waals surface area contributed by atoms with E-state index in [1.165, 1.54) is 12.0 Å². The number of halogens is 1. The molecule has 0 atom stereocenters. The summed E-state index contributed by atoms with van der Waals surface area (Å²) in [6.45, 7) is 9.80. The maximum atomic E-state index is 13.3. The maximum Gasteiger partial charge on any atom is 0.257 e. The van der Waals surface area contributed by atoms with E-state index < -0.39 is 0 Å². The molecule has 1 amide bonds. The lowest BCUT2D eigenvalue weighted by molar-refractivity contribution is 0.0176. The van der Waals surface area contributed by atoms with E-state index in [1.807, 2.05) is 31.0 Å². The number of nitrogens with zero attached hydrogens (tertiary/aromatic N) is 6. The number of likely N-dealkylation sites (tertiary alicyclic amines) is 2. The Labute approximate surface area is 228 Å². The Balaban J connectivity index is 1.24. The van der Waals surface area contributed by atoms with E-state index in [1.54, 1.807) is 0 Å². The highest BCUT2D eigenvalue weighted by atomic mass is 79.9. The van der Waals surface area contributed by atoms with E-state index in [9.17, 15) is 4.79 Å². The quantitative estimate of drug-likeness (QED) is 0.380. The van der Waals surface area contributed by atoms with Gasteiger partial charge in [0.05, 0.1) is 28.8 Å². The summed E-state index contributed by atoms with van der Waals surface area (Å²) in [7, 11) is 0. The van der Waals surface area contributed by atoms with E-state index in [4.69, 9.17) is 0 Å². The molecule has 37 heavy (non-hydrogen) atoms.